The number of carbonyl (C=O) groups is 1. The normalized spacial score (nSPS) is 27.9. The van der Waals surface area contributed by atoms with E-state index in [9.17, 15) is 26.7 Å². The van der Waals surface area contributed by atoms with E-state index in [2.05, 4.69) is 15.6 Å². The number of benzene rings is 1. The minimum absolute atomic E-state index is 0.0968. The minimum atomic E-state index is -4.84. The van der Waals surface area contributed by atoms with E-state index in [0.717, 1.165) is 32.6 Å². The van der Waals surface area contributed by atoms with E-state index in [1.165, 1.54) is 19.2 Å². The van der Waals surface area contributed by atoms with Crippen LogP contribution < -0.4 is 15.4 Å². The first kappa shape index (κ1) is 27.2. The number of halogens is 5. The zero-order valence-electron chi connectivity index (χ0n) is 20.5. The first-order valence-corrected chi connectivity index (χ1v) is 11.8. The Hall–Kier alpha value is -2.83. The fourth-order valence-electron chi connectivity index (χ4n) is 4.85. The molecule has 3 heterocycles. The Kier molecular flexibility index (Phi) is 7.72. The molecular weight excluding hydrogens is 501 g/mol. The van der Waals surface area contributed by atoms with Crippen LogP contribution in [0.1, 0.15) is 37.4 Å². The Morgan fingerprint density at radius 1 is 1.27 bits per heavy atom. The summed E-state index contributed by atoms with van der Waals surface area (Å²) in [4.78, 5) is 17.6. The molecule has 0 bridgehead atoms. The van der Waals surface area contributed by atoms with E-state index in [0.29, 0.717) is 31.1 Å². The van der Waals surface area contributed by atoms with Crippen molar-refractivity contribution in [1.29, 1.82) is 0 Å². The van der Waals surface area contributed by atoms with E-state index < -0.39 is 53.0 Å². The van der Waals surface area contributed by atoms with Gasteiger partial charge < -0.3 is 24.8 Å². The zero-order chi connectivity index (χ0) is 27.0. The topological polar surface area (TPSA) is 81.7 Å². The average Bonchev–Trinajstić information content (AvgIpc) is 3.46. The second kappa shape index (κ2) is 10.5. The predicted molar refractivity (Wildman–Crippen MR) is 123 cm³/mol. The fraction of sp³-hybridized carbons (Fsp3) is 0.520. The van der Waals surface area contributed by atoms with Gasteiger partial charge in [-0.2, -0.15) is 17.6 Å². The van der Waals surface area contributed by atoms with Gasteiger partial charge in [0.25, 0.3) is 5.91 Å². The van der Waals surface area contributed by atoms with Crippen LogP contribution in [-0.2, 0) is 20.8 Å². The number of nitrogens with one attached hydrogen (secondary N) is 2. The number of amides is 1. The summed E-state index contributed by atoms with van der Waals surface area (Å²) < 4.78 is 86.3. The van der Waals surface area contributed by atoms with Gasteiger partial charge in [-0.05, 0) is 31.5 Å². The maximum atomic E-state index is 14.5. The highest BCUT2D eigenvalue weighted by Gasteiger charge is 2.65. The van der Waals surface area contributed by atoms with Gasteiger partial charge in [0, 0.05) is 48.5 Å². The number of anilines is 1. The third-order valence-corrected chi connectivity index (χ3v) is 7.16. The molecule has 2 aliphatic heterocycles. The van der Waals surface area contributed by atoms with Gasteiger partial charge in [0.2, 0.25) is 5.82 Å². The summed E-state index contributed by atoms with van der Waals surface area (Å²) in [6, 6.07) is 5.17. The van der Waals surface area contributed by atoms with Crippen LogP contribution in [0.2, 0.25) is 0 Å². The summed E-state index contributed by atoms with van der Waals surface area (Å²) >= 11 is 0. The van der Waals surface area contributed by atoms with E-state index in [1.807, 2.05) is 0 Å². The van der Waals surface area contributed by atoms with Crippen molar-refractivity contribution in [3.05, 3.63) is 53.4 Å². The van der Waals surface area contributed by atoms with Crippen molar-refractivity contribution in [1.82, 2.24) is 10.3 Å². The van der Waals surface area contributed by atoms with Gasteiger partial charge in [-0.25, -0.2) is 4.39 Å². The van der Waals surface area contributed by atoms with Gasteiger partial charge in [-0.15, -0.1) is 0 Å². The van der Waals surface area contributed by atoms with Crippen LogP contribution in [0.4, 0.5) is 27.6 Å². The van der Waals surface area contributed by atoms with E-state index in [1.54, 1.807) is 6.07 Å². The maximum Gasteiger partial charge on any atom is 0.417 e. The van der Waals surface area contributed by atoms with E-state index in [-0.39, 0.29) is 11.6 Å². The molecule has 37 heavy (non-hydrogen) atoms. The first-order valence-electron chi connectivity index (χ1n) is 11.8. The number of aromatic nitrogens is 1. The van der Waals surface area contributed by atoms with Crippen LogP contribution in [-0.4, -0.2) is 55.1 Å². The summed E-state index contributed by atoms with van der Waals surface area (Å²) in [6.07, 6.45) is -4.19. The number of hydrogen-bond acceptors (Lipinski definition) is 6. The van der Waals surface area contributed by atoms with Crippen LogP contribution in [0.3, 0.4) is 0 Å². The molecule has 2 aliphatic rings. The maximum absolute atomic E-state index is 14.5. The third kappa shape index (κ3) is 5.27. The smallest absolute Gasteiger partial charge is 0.417 e. The second-order valence-corrected chi connectivity index (χ2v) is 9.41. The molecular formula is C25H28F5N3O4. The highest BCUT2D eigenvalue weighted by molar-refractivity contribution is 5.95. The summed E-state index contributed by atoms with van der Waals surface area (Å²) in [6.45, 7) is 3.75. The number of nitrogens with zero attached hydrogens (tertiary/aromatic N) is 1. The van der Waals surface area contributed by atoms with E-state index >= 15 is 0 Å². The van der Waals surface area contributed by atoms with Crippen LogP contribution in [0.5, 0.6) is 5.75 Å². The van der Waals surface area contributed by atoms with Gasteiger partial charge in [-0.3, -0.25) is 9.78 Å². The van der Waals surface area contributed by atoms with Gasteiger partial charge >= 0.3 is 6.18 Å². The van der Waals surface area contributed by atoms with Crippen molar-refractivity contribution in [2.24, 2.45) is 5.92 Å². The van der Waals surface area contributed by atoms with E-state index in [4.69, 9.17) is 14.2 Å². The molecule has 4 rings (SSSR count). The van der Waals surface area contributed by atoms with Crippen molar-refractivity contribution in [3.8, 4) is 5.75 Å². The highest BCUT2D eigenvalue weighted by atomic mass is 19.4. The van der Waals surface area contributed by atoms with Crippen molar-refractivity contribution in [2.45, 2.75) is 56.7 Å². The Labute approximate surface area is 210 Å². The lowest BCUT2D eigenvalue weighted by molar-refractivity contribution is -0.272. The van der Waals surface area contributed by atoms with Crippen molar-refractivity contribution in [3.63, 3.8) is 0 Å². The number of rotatable bonds is 7. The molecule has 2 fully saturated rings. The second-order valence-electron chi connectivity index (χ2n) is 9.41. The molecule has 0 saturated carbocycles. The molecule has 12 heteroatoms. The molecule has 1 amide bonds. The number of methoxy groups -OCH3 is 1. The Morgan fingerprint density at radius 2 is 2.03 bits per heavy atom. The average molecular weight is 530 g/mol. The summed E-state index contributed by atoms with van der Waals surface area (Å²) in [5.41, 5.74) is -1.93. The quantitative estimate of drug-likeness (QED) is 0.520. The number of hydrogen-bond donors (Lipinski definition) is 2. The molecule has 2 N–H and O–H groups in total. The molecule has 0 spiro atoms. The Balaban J connectivity index is 1.62. The predicted octanol–water partition coefficient (Wildman–Crippen LogP) is 4.33. The number of carbonyl (C=O) groups excluding carboxylic acids is 1. The molecule has 1 aromatic carbocycles. The molecule has 1 aromatic heterocycles. The fourth-order valence-corrected chi connectivity index (χ4v) is 4.85. The van der Waals surface area contributed by atoms with Crippen LogP contribution in [0.15, 0.2) is 30.5 Å². The minimum Gasteiger partial charge on any atom is -0.493 e. The first-order chi connectivity index (χ1) is 17.5. The largest absolute Gasteiger partial charge is 0.493 e. The number of alkyl halides is 3. The van der Waals surface area contributed by atoms with Gasteiger partial charge in [0.15, 0.2) is 17.2 Å². The number of pyridine rings is 1. The molecule has 202 valence electrons. The Bertz CT molecular complexity index is 1140. The summed E-state index contributed by atoms with van der Waals surface area (Å²) in [5.74, 6) is -6.65. The van der Waals surface area contributed by atoms with Crippen LogP contribution in [0, 0.1) is 17.6 Å². The molecule has 5 atom stereocenters. The standard InChI is InChI=1S/C25H28F5N3O4/c1-13-19(17-4-5-18(26)20(27)21(17)35-3)22(37-24(13,2)25(28,29)30)23(34)33-14-6-8-31-16(10-14)11-32-15-7-9-36-12-15/h4-6,8,10,13,15,19,22,32H,7,9,11-12H2,1-3H3,(H,31,33,34)/t13-,15+,19-,22+,24+/m0/s1. The van der Waals surface area contributed by atoms with Crippen molar-refractivity contribution < 1.29 is 41.0 Å². The lowest BCUT2D eigenvalue weighted by atomic mass is 9.77. The SMILES string of the molecule is COc1c([C@H]2[C@H](C(=O)Nc3ccnc(CN[C@@H]4CCOC4)c3)O[C@@](C)(C(F)(F)F)[C@H]2C)ccc(F)c1F. The Morgan fingerprint density at radius 3 is 2.68 bits per heavy atom. The van der Waals surface area contributed by atoms with Gasteiger partial charge in [-0.1, -0.05) is 13.0 Å². The van der Waals surface area contributed by atoms with Gasteiger partial charge in [0.1, 0.15) is 6.10 Å². The molecule has 2 saturated heterocycles. The molecule has 7 nitrogen and oxygen atoms in total. The monoisotopic (exact) mass is 529 g/mol. The van der Waals surface area contributed by atoms with Crippen molar-refractivity contribution >= 4 is 11.6 Å². The molecule has 0 unspecified atom stereocenters. The molecule has 0 radical (unpaired) electrons. The van der Waals surface area contributed by atoms with Crippen LogP contribution >= 0.6 is 0 Å². The summed E-state index contributed by atoms with van der Waals surface area (Å²) in [5, 5.41) is 5.88. The van der Waals surface area contributed by atoms with Crippen molar-refractivity contribution in [2.75, 3.05) is 25.6 Å². The lowest BCUT2D eigenvalue weighted by Crippen LogP contribution is -2.47. The molecule has 2 aromatic rings. The molecule has 0 aliphatic carbocycles. The van der Waals surface area contributed by atoms with Gasteiger partial charge in [0.05, 0.1) is 19.4 Å². The highest BCUT2D eigenvalue weighted by Crippen LogP contribution is 2.55. The summed E-state index contributed by atoms with van der Waals surface area (Å²) in [7, 11) is 1.07. The zero-order valence-corrected chi connectivity index (χ0v) is 20.5. The number of ether oxygens (including phenoxy) is 3. The lowest BCUT2D eigenvalue weighted by Gasteiger charge is -2.32. The van der Waals surface area contributed by atoms with Crippen LogP contribution in [0.25, 0.3) is 0 Å². The third-order valence-electron chi connectivity index (χ3n) is 7.16.